The Labute approximate surface area is 91.1 Å². The third-order valence-corrected chi connectivity index (χ3v) is 3.09. The van der Waals surface area contributed by atoms with E-state index in [2.05, 4.69) is 30.9 Å². The molecule has 1 aliphatic rings. The lowest BCUT2D eigenvalue weighted by molar-refractivity contribution is 0.625. The minimum absolute atomic E-state index is 0.592. The summed E-state index contributed by atoms with van der Waals surface area (Å²) >= 11 is 0. The van der Waals surface area contributed by atoms with Crippen LogP contribution in [0.4, 0.5) is 5.69 Å². The van der Waals surface area contributed by atoms with Crippen molar-refractivity contribution in [2.75, 3.05) is 11.4 Å². The number of benzene rings is 1. The number of nitriles is 1. The van der Waals surface area contributed by atoms with Crippen molar-refractivity contribution in [3.8, 4) is 6.07 Å². The third-order valence-electron chi connectivity index (χ3n) is 3.09. The lowest BCUT2D eigenvalue weighted by Crippen LogP contribution is -2.26. The first-order valence-corrected chi connectivity index (χ1v) is 5.47. The fourth-order valence-electron chi connectivity index (χ4n) is 2.41. The first-order chi connectivity index (χ1) is 7.20. The van der Waals surface area contributed by atoms with Crippen LogP contribution in [0.25, 0.3) is 0 Å². The molecule has 0 aliphatic carbocycles. The highest BCUT2D eigenvalue weighted by atomic mass is 15.2. The van der Waals surface area contributed by atoms with Gasteiger partial charge in [0.05, 0.1) is 11.6 Å². The average Bonchev–Trinajstić information content (AvgIpc) is 2.58. The first-order valence-electron chi connectivity index (χ1n) is 5.47. The maximum absolute atomic E-state index is 8.85. The Hall–Kier alpha value is -1.49. The highest BCUT2D eigenvalue weighted by molar-refractivity contribution is 5.52. The molecule has 2 heteroatoms. The molecule has 15 heavy (non-hydrogen) atoms. The fraction of sp³-hybridized carbons (Fsp3) is 0.462. The van der Waals surface area contributed by atoms with Crippen molar-refractivity contribution < 1.29 is 0 Å². The Balaban J connectivity index is 2.26. The number of hydrogen-bond acceptors (Lipinski definition) is 2. The Morgan fingerprint density at radius 3 is 2.80 bits per heavy atom. The van der Waals surface area contributed by atoms with Crippen LogP contribution in [0.5, 0.6) is 0 Å². The second-order valence-electron chi connectivity index (χ2n) is 4.50. The van der Waals surface area contributed by atoms with Crippen LogP contribution < -0.4 is 4.90 Å². The second kappa shape index (κ2) is 3.94. The van der Waals surface area contributed by atoms with E-state index in [9.17, 15) is 0 Å². The van der Waals surface area contributed by atoms with Gasteiger partial charge in [-0.1, -0.05) is 13.0 Å². The van der Waals surface area contributed by atoms with Gasteiger partial charge < -0.3 is 4.90 Å². The Kier molecular flexibility index (Phi) is 2.64. The second-order valence-corrected chi connectivity index (χ2v) is 4.50. The molecule has 2 unspecified atom stereocenters. The van der Waals surface area contributed by atoms with Gasteiger partial charge in [0.2, 0.25) is 0 Å². The molecule has 1 aromatic rings. The van der Waals surface area contributed by atoms with Crippen molar-refractivity contribution in [1.82, 2.24) is 0 Å². The van der Waals surface area contributed by atoms with Crippen molar-refractivity contribution in [2.45, 2.75) is 26.3 Å². The van der Waals surface area contributed by atoms with Crippen molar-refractivity contribution >= 4 is 5.69 Å². The average molecular weight is 200 g/mol. The van der Waals surface area contributed by atoms with Gasteiger partial charge in [-0.05, 0) is 37.5 Å². The van der Waals surface area contributed by atoms with Gasteiger partial charge in [-0.25, -0.2) is 0 Å². The molecule has 0 amide bonds. The van der Waals surface area contributed by atoms with E-state index < -0.39 is 0 Å². The lowest BCUT2D eigenvalue weighted by atomic mass is 10.1. The number of hydrogen-bond donors (Lipinski definition) is 0. The zero-order chi connectivity index (χ0) is 10.8. The van der Waals surface area contributed by atoms with Crippen LogP contribution in [0.3, 0.4) is 0 Å². The molecule has 0 spiro atoms. The van der Waals surface area contributed by atoms with Crippen LogP contribution >= 0.6 is 0 Å². The Morgan fingerprint density at radius 1 is 1.40 bits per heavy atom. The van der Waals surface area contributed by atoms with E-state index in [0.717, 1.165) is 18.0 Å². The Bertz CT molecular complexity index is 392. The molecule has 1 saturated heterocycles. The molecule has 1 aromatic carbocycles. The van der Waals surface area contributed by atoms with Gasteiger partial charge >= 0.3 is 0 Å². The molecule has 1 aliphatic heterocycles. The zero-order valence-electron chi connectivity index (χ0n) is 9.27. The molecular weight excluding hydrogens is 184 g/mol. The zero-order valence-corrected chi connectivity index (χ0v) is 9.27. The van der Waals surface area contributed by atoms with Gasteiger partial charge in [-0.2, -0.15) is 5.26 Å². The van der Waals surface area contributed by atoms with E-state index in [1.54, 1.807) is 0 Å². The van der Waals surface area contributed by atoms with Gasteiger partial charge in [-0.15, -0.1) is 0 Å². The van der Waals surface area contributed by atoms with Crippen molar-refractivity contribution in [3.05, 3.63) is 29.8 Å². The van der Waals surface area contributed by atoms with Gasteiger partial charge in [0.1, 0.15) is 0 Å². The Morgan fingerprint density at radius 2 is 2.20 bits per heavy atom. The number of anilines is 1. The molecule has 2 atom stereocenters. The molecule has 0 N–H and O–H groups in total. The summed E-state index contributed by atoms with van der Waals surface area (Å²) in [6, 6.07) is 10.7. The minimum Gasteiger partial charge on any atom is -0.369 e. The van der Waals surface area contributed by atoms with Crippen molar-refractivity contribution in [1.29, 1.82) is 5.26 Å². The predicted octanol–water partition coefficient (Wildman–Crippen LogP) is 2.79. The SMILES string of the molecule is CC1CC(C)N(c2cccc(C#N)c2)C1. The normalized spacial score (nSPS) is 25.3. The minimum atomic E-state index is 0.592. The summed E-state index contributed by atoms with van der Waals surface area (Å²) in [5.41, 5.74) is 1.94. The number of nitrogens with zero attached hydrogens (tertiary/aromatic N) is 2. The van der Waals surface area contributed by atoms with E-state index in [-0.39, 0.29) is 0 Å². The predicted molar refractivity (Wildman–Crippen MR) is 61.7 cm³/mol. The van der Waals surface area contributed by atoms with E-state index in [1.165, 1.54) is 12.1 Å². The molecule has 2 rings (SSSR count). The van der Waals surface area contributed by atoms with E-state index in [0.29, 0.717) is 6.04 Å². The lowest BCUT2D eigenvalue weighted by Gasteiger charge is -2.23. The largest absolute Gasteiger partial charge is 0.369 e. The fourth-order valence-corrected chi connectivity index (χ4v) is 2.41. The standard InChI is InChI=1S/C13H16N2/c1-10-6-11(2)15(9-10)13-5-3-4-12(7-13)8-14/h3-5,7,10-11H,6,9H2,1-2H3. The van der Waals surface area contributed by atoms with Crippen molar-refractivity contribution in [2.24, 2.45) is 5.92 Å². The molecule has 0 bridgehead atoms. The number of rotatable bonds is 1. The summed E-state index contributed by atoms with van der Waals surface area (Å²) in [7, 11) is 0. The van der Waals surface area contributed by atoms with Crippen LogP contribution in [0, 0.1) is 17.2 Å². The molecule has 78 valence electrons. The van der Waals surface area contributed by atoms with Crippen LogP contribution in [0.1, 0.15) is 25.8 Å². The highest BCUT2D eigenvalue weighted by Crippen LogP contribution is 2.28. The van der Waals surface area contributed by atoms with Gasteiger partial charge in [-0.3, -0.25) is 0 Å². The quantitative estimate of drug-likeness (QED) is 0.697. The van der Waals surface area contributed by atoms with Crippen LogP contribution in [0.15, 0.2) is 24.3 Å². The third kappa shape index (κ3) is 1.97. The summed E-state index contributed by atoms with van der Waals surface area (Å²) in [6.45, 7) is 5.64. The summed E-state index contributed by atoms with van der Waals surface area (Å²) in [5.74, 6) is 0.755. The van der Waals surface area contributed by atoms with E-state index in [4.69, 9.17) is 5.26 Å². The van der Waals surface area contributed by atoms with Gasteiger partial charge in [0.25, 0.3) is 0 Å². The smallest absolute Gasteiger partial charge is 0.0992 e. The summed E-state index contributed by atoms with van der Waals surface area (Å²) < 4.78 is 0. The van der Waals surface area contributed by atoms with Gasteiger partial charge in [0.15, 0.2) is 0 Å². The summed E-state index contributed by atoms with van der Waals surface area (Å²) in [6.07, 6.45) is 1.25. The molecular formula is C13H16N2. The highest BCUT2D eigenvalue weighted by Gasteiger charge is 2.26. The molecule has 2 nitrogen and oxygen atoms in total. The van der Waals surface area contributed by atoms with Gasteiger partial charge in [0, 0.05) is 18.3 Å². The molecule has 0 radical (unpaired) electrons. The van der Waals surface area contributed by atoms with Crippen LogP contribution in [-0.2, 0) is 0 Å². The van der Waals surface area contributed by atoms with E-state index in [1.807, 2.05) is 18.2 Å². The first kappa shape index (κ1) is 10.0. The van der Waals surface area contributed by atoms with Crippen LogP contribution in [0.2, 0.25) is 0 Å². The van der Waals surface area contributed by atoms with E-state index >= 15 is 0 Å². The summed E-state index contributed by atoms with van der Waals surface area (Å²) in [4.78, 5) is 2.39. The molecule has 1 fully saturated rings. The van der Waals surface area contributed by atoms with Crippen LogP contribution in [-0.4, -0.2) is 12.6 Å². The topological polar surface area (TPSA) is 27.0 Å². The maximum Gasteiger partial charge on any atom is 0.0992 e. The summed E-state index contributed by atoms with van der Waals surface area (Å²) in [5, 5.41) is 8.85. The molecule has 0 aromatic heterocycles. The molecule has 0 saturated carbocycles. The maximum atomic E-state index is 8.85. The monoisotopic (exact) mass is 200 g/mol. The van der Waals surface area contributed by atoms with Crippen molar-refractivity contribution in [3.63, 3.8) is 0 Å². The molecule has 1 heterocycles.